The van der Waals surface area contributed by atoms with Crippen LogP contribution < -0.4 is 5.32 Å². The van der Waals surface area contributed by atoms with Crippen LogP contribution in [-0.2, 0) is 13.0 Å². The first-order valence-electron chi connectivity index (χ1n) is 9.90. The Morgan fingerprint density at radius 2 is 1.93 bits per heavy atom. The second kappa shape index (κ2) is 9.72. The van der Waals surface area contributed by atoms with Crippen molar-refractivity contribution in [2.75, 3.05) is 0 Å². The van der Waals surface area contributed by atoms with Crippen LogP contribution in [0.5, 0.6) is 0 Å². The van der Waals surface area contributed by atoms with E-state index in [1.807, 2.05) is 12.4 Å². The van der Waals surface area contributed by atoms with Gasteiger partial charge in [0.1, 0.15) is 0 Å². The highest BCUT2D eigenvalue weighted by Gasteiger charge is 2.05. The second-order valence-electron chi connectivity index (χ2n) is 7.44. The fraction of sp³-hybridized carbons (Fsp3) is 0.292. The lowest BCUT2D eigenvalue weighted by Crippen LogP contribution is -2.25. The van der Waals surface area contributed by atoms with Crippen LogP contribution in [-0.4, -0.2) is 16.0 Å². The molecule has 4 rings (SSSR count). The maximum absolute atomic E-state index is 4.18. The highest BCUT2D eigenvalue weighted by atomic mass is 35.5. The first-order chi connectivity index (χ1) is 13.3. The summed E-state index contributed by atoms with van der Waals surface area (Å²) in [7, 11) is 0. The Balaban J connectivity index is 0.00000225. The van der Waals surface area contributed by atoms with Gasteiger partial charge in [0.15, 0.2) is 0 Å². The SMILES string of the molecule is C[C@H](CCCCc1c[nH]c2ccccc12)NCc1ccc2cnccc2c1.Cl. The van der Waals surface area contributed by atoms with Crippen molar-refractivity contribution in [3.8, 4) is 0 Å². The number of H-pyrrole nitrogens is 1. The molecule has 0 radical (unpaired) electrons. The van der Waals surface area contributed by atoms with Crippen LogP contribution in [0.4, 0.5) is 0 Å². The third-order valence-electron chi connectivity index (χ3n) is 5.37. The number of halogens is 1. The van der Waals surface area contributed by atoms with Gasteiger partial charge in [-0.25, -0.2) is 0 Å². The van der Waals surface area contributed by atoms with E-state index >= 15 is 0 Å². The molecule has 0 aliphatic heterocycles. The van der Waals surface area contributed by atoms with Crippen molar-refractivity contribution in [3.05, 3.63) is 78.2 Å². The van der Waals surface area contributed by atoms with E-state index in [4.69, 9.17) is 0 Å². The smallest absolute Gasteiger partial charge is 0.0456 e. The predicted molar refractivity (Wildman–Crippen MR) is 121 cm³/mol. The Bertz CT molecular complexity index is 1020. The van der Waals surface area contributed by atoms with Crippen molar-refractivity contribution in [2.45, 2.75) is 45.2 Å². The number of para-hydroxylation sites is 1. The molecular weight excluding hydrogens is 366 g/mol. The lowest BCUT2D eigenvalue weighted by Gasteiger charge is -2.14. The number of nitrogens with zero attached hydrogens (tertiary/aromatic N) is 1. The molecule has 3 nitrogen and oxygen atoms in total. The highest BCUT2D eigenvalue weighted by Crippen LogP contribution is 2.20. The third-order valence-corrected chi connectivity index (χ3v) is 5.37. The van der Waals surface area contributed by atoms with Gasteiger partial charge in [0, 0.05) is 47.5 Å². The summed E-state index contributed by atoms with van der Waals surface area (Å²) < 4.78 is 0. The van der Waals surface area contributed by atoms with E-state index in [0.717, 1.165) is 13.0 Å². The number of rotatable bonds is 8. The lowest BCUT2D eigenvalue weighted by molar-refractivity contribution is 0.489. The minimum atomic E-state index is 0. The predicted octanol–water partition coefficient (Wildman–Crippen LogP) is 6.03. The molecule has 2 N–H and O–H groups in total. The molecule has 4 aromatic rings. The molecule has 0 aliphatic carbocycles. The Kier molecular flexibility index (Phi) is 7.07. The number of unbranched alkanes of at least 4 members (excludes halogenated alkanes) is 1. The van der Waals surface area contributed by atoms with E-state index in [1.165, 1.54) is 52.1 Å². The summed E-state index contributed by atoms with van der Waals surface area (Å²) >= 11 is 0. The van der Waals surface area contributed by atoms with Gasteiger partial charge in [-0.3, -0.25) is 4.98 Å². The lowest BCUT2D eigenvalue weighted by atomic mass is 10.0. The number of pyridine rings is 1. The normalized spacial score (nSPS) is 12.2. The van der Waals surface area contributed by atoms with E-state index in [-0.39, 0.29) is 12.4 Å². The van der Waals surface area contributed by atoms with Crippen LogP contribution in [0.25, 0.3) is 21.7 Å². The zero-order valence-electron chi connectivity index (χ0n) is 16.3. The summed E-state index contributed by atoms with van der Waals surface area (Å²) in [4.78, 5) is 7.55. The molecule has 0 spiro atoms. The van der Waals surface area contributed by atoms with Crippen LogP contribution >= 0.6 is 12.4 Å². The molecule has 0 saturated carbocycles. The van der Waals surface area contributed by atoms with Crippen LogP contribution in [0.15, 0.2) is 67.1 Å². The van der Waals surface area contributed by atoms with Gasteiger partial charge in [0.25, 0.3) is 0 Å². The topological polar surface area (TPSA) is 40.7 Å². The van der Waals surface area contributed by atoms with Crippen molar-refractivity contribution in [2.24, 2.45) is 0 Å². The average Bonchev–Trinajstić information content (AvgIpc) is 3.13. The fourth-order valence-electron chi connectivity index (χ4n) is 3.74. The van der Waals surface area contributed by atoms with E-state index in [2.05, 4.69) is 76.9 Å². The van der Waals surface area contributed by atoms with E-state index in [9.17, 15) is 0 Å². The van der Waals surface area contributed by atoms with Gasteiger partial charge in [-0.05, 0) is 60.9 Å². The van der Waals surface area contributed by atoms with E-state index < -0.39 is 0 Å². The first-order valence-corrected chi connectivity index (χ1v) is 9.90. The molecule has 0 aliphatic rings. The highest BCUT2D eigenvalue weighted by molar-refractivity contribution is 5.85. The molecule has 1 atom stereocenters. The minimum absolute atomic E-state index is 0. The summed E-state index contributed by atoms with van der Waals surface area (Å²) in [5, 5.41) is 7.50. The maximum atomic E-state index is 4.18. The molecule has 2 aromatic heterocycles. The zero-order chi connectivity index (χ0) is 18.5. The van der Waals surface area contributed by atoms with Crippen molar-refractivity contribution in [3.63, 3.8) is 0 Å². The fourth-order valence-corrected chi connectivity index (χ4v) is 3.74. The largest absolute Gasteiger partial charge is 0.361 e. The third kappa shape index (κ3) is 4.92. The van der Waals surface area contributed by atoms with Gasteiger partial charge in [0.2, 0.25) is 0 Å². The van der Waals surface area contributed by atoms with Gasteiger partial charge in [-0.15, -0.1) is 12.4 Å². The van der Waals surface area contributed by atoms with Gasteiger partial charge < -0.3 is 10.3 Å². The van der Waals surface area contributed by atoms with Crippen LogP contribution in [0.3, 0.4) is 0 Å². The molecule has 146 valence electrons. The number of aromatic nitrogens is 2. The number of hydrogen-bond donors (Lipinski definition) is 2. The van der Waals surface area contributed by atoms with Crippen LogP contribution in [0, 0.1) is 0 Å². The van der Waals surface area contributed by atoms with Gasteiger partial charge >= 0.3 is 0 Å². The van der Waals surface area contributed by atoms with Gasteiger partial charge in [-0.1, -0.05) is 36.8 Å². The van der Waals surface area contributed by atoms with Crippen LogP contribution in [0.2, 0.25) is 0 Å². The zero-order valence-corrected chi connectivity index (χ0v) is 17.1. The number of nitrogens with one attached hydrogen (secondary N) is 2. The average molecular weight is 394 g/mol. The molecule has 0 unspecified atom stereocenters. The molecule has 28 heavy (non-hydrogen) atoms. The standard InChI is InChI=1S/C24H27N3.ClH/c1-18(26-15-19-10-11-21-16-25-13-12-20(21)14-19)6-2-3-7-22-17-27-24-9-5-4-8-23(22)24;/h4-5,8-14,16-18,26-27H,2-3,6-7,15H2,1H3;1H/t18-;/m1./s1. The minimum Gasteiger partial charge on any atom is -0.361 e. The maximum Gasteiger partial charge on any atom is 0.0456 e. The Labute approximate surface area is 173 Å². The molecule has 4 heteroatoms. The van der Waals surface area contributed by atoms with Crippen LogP contribution in [0.1, 0.15) is 37.3 Å². The van der Waals surface area contributed by atoms with Crippen molar-refractivity contribution in [1.82, 2.24) is 15.3 Å². The quantitative estimate of drug-likeness (QED) is 0.359. The number of fused-ring (bicyclic) bond motifs is 2. The number of aryl methyl sites for hydroxylation is 1. The Morgan fingerprint density at radius 3 is 2.86 bits per heavy atom. The first kappa shape index (κ1) is 20.4. The van der Waals surface area contributed by atoms with Crippen molar-refractivity contribution >= 4 is 34.1 Å². The van der Waals surface area contributed by atoms with E-state index in [1.54, 1.807) is 0 Å². The van der Waals surface area contributed by atoms with Gasteiger partial charge in [0.05, 0.1) is 0 Å². The summed E-state index contributed by atoms with van der Waals surface area (Å²) in [6.45, 7) is 3.21. The summed E-state index contributed by atoms with van der Waals surface area (Å²) in [6, 6.07) is 17.8. The Morgan fingerprint density at radius 1 is 1.04 bits per heavy atom. The summed E-state index contributed by atoms with van der Waals surface area (Å²) in [5.74, 6) is 0. The number of benzene rings is 2. The summed E-state index contributed by atoms with van der Waals surface area (Å²) in [6.07, 6.45) is 10.8. The molecular formula is C24H28ClN3. The molecule has 0 fully saturated rings. The van der Waals surface area contributed by atoms with Crippen molar-refractivity contribution < 1.29 is 0 Å². The molecule has 2 heterocycles. The molecule has 0 amide bonds. The number of aromatic amines is 1. The Hall–Kier alpha value is -2.36. The second-order valence-corrected chi connectivity index (χ2v) is 7.44. The van der Waals surface area contributed by atoms with E-state index in [0.29, 0.717) is 6.04 Å². The molecule has 0 saturated heterocycles. The molecule has 0 bridgehead atoms. The summed E-state index contributed by atoms with van der Waals surface area (Å²) in [5.41, 5.74) is 4.02. The van der Waals surface area contributed by atoms with Crippen molar-refractivity contribution in [1.29, 1.82) is 0 Å². The molecule has 2 aromatic carbocycles. The van der Waals surface area contributed by atoms with Gasteiger partial charge in [-0.2, -0.15) is 0 Å². The monoisotopic (exact) mass is 393 g/mol. The number of hydrogen-bond acceptors (Lipinski definition) is 2.